The van der Waals surface area contributed by atoms with E-state index < -0.39 is 17.2 Å². The second-order valence-electron chi connectivity index (χ2n) is 13.2. The van der Waals surface area contributed by atoms with Crippen LogP contribution in [0.25, 0.3) is 0 Å². The Labute approximate surface area is 237 Å². The molecule has 0 aliphatic carbocycles. The fraction of sp³-hybridized carbons (Fsp3) is 0.600. The zero-order valence-electron chi connectivity index (χ0n) is 25.2. The molecule has 2 saturated heterocycles. The quantitative estimate of drug-likeness (QED) is 0.477. The summed E-state index contributed by atoms with van der Waals surface area (Å²) in [5.74, 6) is 0.518. The first-order chi connectivity index (χ1) is 18.3. The Balaban J connectivity index is 1.74. The molecule has 0 unspecified atom stereocenters. The highest BCUT2D eigenvalue weighted by Crippen LogP contribution is 2.46. The number of piperazine rings is 1. The van der Waals surface area contributed by atoms with Crippen LogP contribution in [0, 0.1) is 12.3 Å². The molecule has 218 valence electrons. The maximum absolute atomic E-state index is 14.0. The van der Waals surface area contributed by atoms with Gasteiger partial charge in [0, 0.05) is 33.2 Å². The van der Waals surface area contributed by atoms with E-state index in [2.05, 4.69) is 44.5 Å². The fourth-order valence-electron chi connectivity index (χ4n) is 5.60. The van der Waals surface area contributed by atoms with Crippen molar-refractivity contribution in [3.63, 3.8) is 0 Å². The monoisotopic (exact) mass is 558 g/mol. The molecule has 2 aliphatic heterocycles. The number of carbonyl (C=O) groups is 1. The number of alkyl halides is 3. The molecule has 6 nitrogen and oxygen atoms in total. The van der Waals surface area contributed by atoms with Gasteiger partial charge in [0.25, 0.3) is 0 Å². The molecule has 1 aromatic heterocycles. The van der Waals surface area contributed by atoms with Gasteiger partial charge in [-0.05, 0) is 82.6 Å². The molecule has 4 rings (SSSR count). The van der Waals surface area contributed by atoms with Gasteiger partial charge >= 0.3 is 13.1 Å². The Kier molecular flexibility index (Phi) is 7.86. The second-order valence-corrected chi connectivity index (χ2v) is 13.2. The van der Waals surface area contributed by atoms with Crippen molar-refractivity contribution < 1.29 is 22.6 Å². The summed E-state index contributed by atoms with van der Waals surface area (Å²) in [6.45, 7) is 16.8. The summed E-state index contributed by atoms with van der Waals surface area (Å²) in [6, 6.07) is 5.88. The lowest BCUT2D eigenvalue weighted by Crippen LogP contribution is -2.47. The lowest BCUT2D eigenvalue weighted by molar-refractivity contribution is -0.137. The SMILES string of the molecule is Cc1cc(C(F)(F)F)cc(C(C)(C)C(=O)N(C)c2cnc(N3CCN(C)CC3)cc2B2CC(C)(C)C(C)(C)O2)c1. The van der Waals surface area contributed by atoms with Crippen LogP contribution in [0.2, 0.25) is 6.32 Å². The van der Waals surface area contributed by atoms with Crippen LogP contribution in [0.1, 0.15) is 58.2 Å². The van der Waals surface area contributed by atoms with E-state index in [4.69, 9.17) is 9.64 Å². The summed E-state index contributed by atoms with van der Waals surface area (Å²) in [4.78, 5) is 24.9. The van der Waals surface area contributed by atoms with Crippen LogP contribution < -0.4 is 15.3 Å². The van der Waals surface area contributed by atoms with Gasteiger partial charge in [0.1, 0.15) is 5.82 Å². The predicted molar refractivity (Wildman–Crippen MR) is 156 cm³/mol. The van der Waals surface area contributed by atoms with Crippen molar-refractivity contribution in [1.82, 2.24) is 9.88 Å². The largest absolute Gasteiger partial charge is 0.425 e. The van der Waals surface area contributed by atoms with E-state index in [-0.39, 0.29) is 23.8 Å². The molecule has 0 spiro atoms. The highest BCUT2D eigenvalue weighted by Gasteiger charge is 2.51. The first-order valence-corrected chi connectivity index (χ1v) is 13.9. The summed E-state index contributed by atoms with van der Waals surface area (Å²) >= 11 is 0. The van der Waals surface area contributed by atoms with Crippen LogP contribution in [-0.4, -0.2) is 68.6 Å². The van der Waals surface area contributed by atoms with Crippen LogP contribution in [0.5, 0.6) is 0 Å². The number of carbonyl (C=O) groups excluding carboxylic acids is 1. The Bertz CT molecular complexity index is 1250. The Morgan fingerprint density at radius 2 is 1.62 bits per heavy atom. The van der Waals surface area contributed by atoms with Gasteiger partial charge in [0.2, 0.25) is 5.91 Å². The van der Waals surface area contributed by atoms with Crippen molar-refractivity contribution in [2.45, 2.75) is 72.0 Å². The first kappa shape index (κ1) is 30.4. The molecular weight excluding hydrogens is 516 g/mol. The molecule has 10 heteroatoms. The van der Waals surface area contributed by atoms with Crippen molar-refractivity contribution in [2.75, 3.05) is 50.1 Å². The third-order valence-electron chi connectivity index (χ3n) is 9.16. The summed E-state index contributed by atoms with van der Waals surface area (Å²) in [7, 11) is 3.77. The summed E-state index contributed by atoms with van der Waals surface area (Å²) in [6.07, 6.45) is -2.02. The van der Waals surface area contributed by atoms with E-state index in [0.717, 1.165) is 55.9 Å². The number of amides is 1. The minimum Gasteiger partial charge on any atom is -0.425 e. The average molecular weight is 558 g/mol. The van der Waals surface area contributed by atoms with Crippen LogP contribution in [0.4, 0.5) is 24.7 Å². The van der Waals surface area contributed by atoms with Gasteiger partial charge in [0.05, 0.1) is 28.5 Å². The third kappa shape index (κ3) is 5.75. The maximum Gasteiger partial charge on any atom is 0.416 e. The van der Waals surface area contributed by atoms with Gasteiger partial charge in [0.15, 0.2) is 0 Å². The topological polar surface area (TPSA) is 48.9 Å². The van der Waals surface area contributed by atoms with Crippen molar-refractivity contribution in [3.8, 4) is 0 Å². The zero-order valence-corrected chi connectivity index (χ0v) is 25.2. The molecule has 0 atom stereocenters. The minimum atomic E-state index is -4.50. The van der Waals surface area contributed by atoms with Crippen molar-refractivity contribution in [1.29, 1.82) is 0 Å². The minimum absolute atomic E-state index is 0.108. The molecule has 0 saturated carbocycles. The molecule has 1 amide bonds. The van der Waals surface area contributed by atoms with Crippen LogP contribution >= 0.6 is 0 Å². The first-order valence-electron chi connectivity index (χ1n) is 13.9. The number of nitrogens with zero attached hydrogens (tertiary/aromatic N) is 4. The predicted octanol–water partition coefficient (Wildman–Crippen LogP) is 5.13. The number of aromatic nitrogens is 1. The molecule has 40 heavy (non-hydrogen) atoms. The van der Waals surface area contributed by atoms with Crippen LogP contribution in [-0.2, 0) is 21.0 Å². The molecule has 2 fully saturated rings. The van der Waals surface area contributed by atoms with Crippen LogP contribution in [0.15, 0.2) is 30.5 Å². The zero-order chi connectivity index (χ0) is 29.8. The maximum atomic E-state index is 14.0. The highest BCUT2D eigenvalue weighted by atomic mass is 19.4. The number of halogens is 3. The summed E-state index contributed by atoms with van der Waals surface area (Å²) in [5.41, 5.74) is -0.215. The average Bonchev–Trinajstić information content (AvgIpc) is 3.08. The number of benzene rings is 1. The van der Waals surface area contributed by atoms with Crippen molar-refractivity contribution in [3.05, 3.63) is 47.2 Å². The van der Waals surface area contributed by atoms with E-state index in [9.17, 15) is 18.0 Å². The molecule has 2 aliphatic rings. The van der Waals surface area contributed by atoms with Gasteiger partial charge < -0.3 is 19.4 Å². The Morgan fingerprint density at radius 3 is 2.17 bits per heavy atom. The molecular formula is C30H42BF3N4O2. The van der Waals surface area contributed by atoms with Gasteiger partial charge in [-0.2, -0.15) is 13.2 Å². The lowest BCUT2D eigenvalue weighted by atomic mass is 9.54. The number of aryl methyl sites for hydroxylation is 1. The Hall–Kier alpha value is -2.59. The highest BCUT2D eigenvalue weighted by molar-refractivity contribution is 6.70. The third-order valence-corrected chi connectivity index (χ3v) is 9.16. The smallest absolute Gasteiger partial charge is 0.416 e. The van der Waals surface area contributed by atoms with Gasteiger partial charge in [-0.25, -0.2) is 4.98 Å². The molecule has 3 heterocycles. The van der Waals surface area contributed by atoms with Gasteiger partial charge in [-0.3, -0.25) is 4.79 Å². The number of hydrogen-bond donors (Lipinski definition) is 0. The normalized spacial score (nSPS) is 19.7. The molecule has 0 radical (unpaired) electrons. The standard InChI is InChI=1S/C30H42BF3N4O2/c1-20-14-21(16-22(15-20)30(32,33)34)28(4,5)26(39)37(9)24-18-35-25(38-12-10-36(8)11-13-38)17-23(24)31-19-27(2,3)29(6,7)40-31/h14-18H,10-13,19H2,1-9H3. The second kappa shape index (κ2) is 10.4. The summed E-state index contributed by atoms with van der Waals surface area (Å²) < 4.78 is 47.4. The number of rotatable bonds is 5. The fourth-order valence-corrected chi connectivity index (χ4v) is 5.60. The number of pyridine rings is 1. The van der Waals surface area contributed by atoms with E-state index in [1.165, 1.54) is 4.90 Å². The van der Waals surface area contributed by atoms with Gasteiger partial charge in [-0.1, -0.05) is 25.5 Å². The van der Waals surface area contributed by atoms with E-state index in [1.54, 1.807) is 40.1 Å². The van der Waals surface area contributed by atoms with Gasteiger partial charge in [-0.15, -0.1) is 0 Å². The van der Waals surface area contributed by atoms with Crippen molar-refractivity contribution in [2.24, 2.45) is 5.41 Å². The number of hydrogen-bond acceptors (Lipinski definition) is 5. The molecule has 1 aromatic carbocycles. The molecule has 2 aromatic rings. The van der Waals surface area contributed by atoms with E-state index in [1.807, 2.05) is 6.07 Å². The van der Waals surface area contributed by atoms with E-state index in [0.29, 0.717) is 16.8 Å². The Morgan fingerprint density at radius 1 is 1.02 bits per heavy atom. The van der Waals surface area contributed by atoms with Crippen LogP contribution in [0.3, 0.4) is 0 Å². The summed E-state index contributed by atoms with van der Waals surface area (Å²) in [5, 5.41) is 0. The number of likely N-dealkylation sites (N-methyl/N-ethyl adjacent to an activating group) is 2. The van der Waals surface area contributed by atoms with E-state index >= 15 is 0 Å². The lowest BCUT2D eigenvalue weighted by Gasteiger charge is -2.35. The van der Waals surface area contributed by atoms with Crippen molar-refractivity contribution >= 4 is 29.8 Å². The number of anilines is 2. The molecule has 0 bridgehead atoms. The molecule has 0 N–H and O–H groups in total.